The van der Waals surface area contributed by atoms with Gasteiger partial charge in [0.15, 0.2) is 0 Å². The number of rotatable bonds is 2. The minimum absolute atomic E-state index is 0.151. The number of ketones is 1. The fourth-order valence-electron chi connectivity index (χ4n) is 3.42. The summed E-state index contributed by atoms with van der Waals surface area (Å²) in [5, 5.41) is 1.37. The van der Waals surface area contributed by atoms with Crippen molar-refractivity contribution in [2.75, 3.05) is 18.7 Å². The van der Waals surface area contributed by atoms with E-state index in [0.29, 0.717) is 5.69 Å². The van der Waals surface area contributed by atoms with Gasteiger partial charge in [0.2, 0.25) is 11.7 Å². The molecule has 0 spiro atoms. The van der Waals surface area contributed by atoms with Crippen LogP contribution in [0.3, 0.4) is 0 Å². The van der Waals surface area contributed by atoms with Crippen molar-refractivity contribution in [3.8, 4) is 0 Å². The normalized spacial score (nSPS) is 20.5. The van der Waals surface area contributed by atoms with Crippen LogP contribution in [0.4, 0.5) is 0 Å². The predicted octanol–water partition coefficient (Wildman–Crippen LogP) is 0.755. The molecule has 1 aromatic heterocycles. The summed E-state index contributed by atoms with van der Waals surface area (Å²) in [6.07, 6.45) is 2.75. The topological polar surface area (TPSA) is 68.6 Å². The van der Waals surface area contributed by atoms with Gasteiger partial charge >= 0.3 is 5.97 Å². The van der Waals surface area contributed by atoms with Crippen LogP contribution in [-0.2, 0) is 27.2 Å². The Bertz CT molecular complexity index is 659. The SMILES string of the molecule is CCOC(=O)[C@@H]1C(=O)c2c3c(c(C)n2N(C)C1=O)CCC3. The van der Waals surface area contributed by atoms with E-state index in [1.807, 2.05) is 6.92 Å². The first kappa shape index (κ1) is 13.9. The van der Waals surface area contributed by atoms with Crippen molar-refractivity contribution in [1.82, 2.24) is 4.68 Å². The number of hydrogen-bond donors (Lipinski definition) is 0. The second kappa shape index (κ2) is 4.72. The zero-order chi connectivity index (χ0) is 15.3. The van der Waals surface area contributed by atoms with E-state index in [1.54, 1.807) is 18.6 Å². The van der Waals surface area contributed by atoms with Crippen molar-refractivity contribution in [3.05, 3.63) is 22.5 Å². The molecule has 1 aliphatic heterocycles. The summed E-state index contributed by atoms with van der Waals surface area (Å²) in [7, 11) is 1.59. The third kappa shape index (κ3) is 1.74. The van der Waals surface area contributed by atoms with Crippen LogP contribution < -0.4 is 5.01 Å². The number of hydrogen-bond acceptors (Lipinski definition) is 4. The lowest BCUT2D eigenvalue weighted by atomic mass is 9.96. The molecule has 0 aromatic carbocycles. The highest BCUT2D eigenvalue weighted by Gasteiger charge is 2.47. The van der Waals surface area contributed by atoms with Crippen LogP contribution in [-0.4, -0.2) is 36.0 Å². The monoisotopic (exact) mass is 290 g/mol. The molecule has 0 radical (unpaired) electrons. The van der Waals surface area contributed by atoms with E-state index in [9.17, 15) is 14.4 Å². The maximum absolute atomic E-state index is 12.7. The molecule has 1 aliphatic carbocycles. The molecule has 0 saturated heterocycles. The van der Waals surface area contributed by atoms with E-state index >= 15 is 0 Å². The molecule has 1 atom stereocenters. The first-order chi connectivity index (χ1) is 9.99. The number of ether oxygens (including phenoxy) is 1. The third-order valence-electron chi connectivity index (χ3n) is 4.35. The molecule has 0 unspecified atom stereocenters. The summed E-state index contributed by atoms with van der Waals surface area (Å²) < 4.78 is 6.55. The highest BCUT2D eigenvalue weighted by Crippen LogP contribution is 2.35. The van der Waals surface area contributed by atoms with Crippen molar-refractivity contribution in [1.29, 1.82) is 0 Å². The van der Waals surface area contributed by atoms with E-state index in [2.05, 4.69) is 0 Å². The van der Waals surface area contributed by atoms with E-state index in [1.165, 1.54) is 5.01 Å². The van der Waals surface area contributed by atoms with Crippen LogP contribution >= 0.6 is 0 Å². The minimum Gasteiger partial charge on any atom is -0.465 e. The standard InChI is InChI=1S/C15H18N2O4/c1-4-21-15(20)11-13(18)12-10-7-5-6-9(10)8(2)17(12)16(3)14(11)19/h11H,4-7H2,1-3H3/t11-/m1/s1. The molecule has 6 nitrogen and oxygen atoms in total. The van der Waals surface area contributed by atoms with Gasteiger partial charge in [-0.1, -0.05) is 0 Å². The Morgan fingerprint density at radius 1 is 1.29 bits per heavy atom. The van der Waals surface area contributed by atoms with Crippen molar-refractivity contribution < 1.29 is 19.1 Å². The van der Waals surface area contributed by atoms with Crippen molar-refractivity contribution in [2.24, 2.45) is 5.92 Å². The zero-order valence-corrected chi connectivity index (χ0v) is 12.4. The van der Waals surface area contributed by atoms with Crippen LogP contribution in [0, 0.1) is 12.8 Å². The number of aromatic nitrogens is 1. The summed E-state index contributed by atoms with van der Waals surface area (Å²) in [5.41, 5.74) is 3.54. The summed E-state index contributed by atoms with van der Waals surface area (Å²) in [6.45, 7) is 3.72. The van der Waals surface area contributed by atoms with Gasteiger partial charge in [-0.15, -0.1) is 0 Å². The van der Waals surface area contributed by atoms with Crippen LogP contribution in [0.5, 0.6) is 0 Å². The Kier molecular flexibility index (Phi) is 3.11. The van der Waals surface area contributed by atoms with Crippen molar-refractivity contribution in [3.63, 3.8) is 0 Å². The molecule has 0 bridgehead atoms. The molecule has 0 saturated carbocycles. The molecule has 0 N–H and O–H groups in total. The molecule has 2 heterocycles. The third-order valence-corrected chi connectivity index (χ3v) is 4.35. The van der Waals surface area contributed by atoms with E-state index in [0.717, 1.165) is 36.1 Å². The molecular weight excluding hydrogens is 272 g/mol. The number of fused-ring (bicyclic) bond motifs is 3. The van der Waals surface area contributed by atoms with Crippen molar-refractivity contribution >= 4 is 17.7 Å². The smallest absolute Gasteiger partial charge is 0.326 e. The Hall–Kier alpha value is -2.11. The number of carbonyl (C=O) groups excluding carboxylic acids is 3. The maximum Gasteiger partial charge on any atom is 0.326 e. The van der Waals surface area contributed by atoms with Crippen LogP contribution in [0.1, 0.15) is 40.7 Å². The first-order valence-corrected chi connectivity index (χ1v) is 7.20. The van der Waals surface area contributed by atoms with Gasteiger partial charge in [0.1, 0.15) is 5.69 Å². The average Bonchev–Trinajstić information content (AvgIpc) is 2.99. The number of Topliss-reactive ketones (excluding diaryl/α,β-unsaturated/α-hetero) is 1. The molecule has 6 heteroatoms. The number of carbonyl (C=O) groups is 3. The second-order valence-corrected chi connectivity index (χ2v) is 5.47. The highest BCUT2D eigenvalue weighted by atomic mass is 16.5. The molecule has 2 aliphatic rings. The van der Waals surface area contributed by atoms with Gasteiger partial charge in [-0.3, -0.25) is 24.1 Å². The lowest BCUT2D eigenvalue weighted by Crippen LogP contribution is -2.53. The largest absolute Gasteiger partial charge is 0.465 e. The summed E-state index contributed by atoms with van der Waals surface area (Å²) >= 11 is 0. The number of amides is 1. The Morgan fingerprint density at radius 3 is 2.62 bits per heavy atom. The summed E-state index contributed by atoms with van der Waals surface area (Å²) in [4.78, 5) is 37.1. The number of esters is 1. The minimum atomic E-state index is -1.36. The molecule has 1 amide bonds. The van der Waals surface area contributed by atoms with Crippen LogP contribution in [0.25, 0.3) is 0 Å². The Morgan fingerprint density at radius 2 is 1.95 bits per heavy atom. The predicted molar refractivity (Wildman–Crippen MR) is 74.8 cm³/mol. The van der Waals surface area contributed by atoms with Crippen LogP contribution in [0.2, 0.25) is 0 Å². The molecule has 1 aromatic rings. The second-order valence-electron chi connectivity index (χ2n) is 5.47. The maximum atomic E-state index is 12.7. The highest BCUT2D eigenvalue weighted by molar-refractivity contribution is 6.26. The molecule has 3 rings (SSSR count). The summed E-state index contributed by atoms with van der Waals surface area (Å²) in [6, 6.07) is 0. The summed E-state index contributed by atoms with van der Waals surface area (Å²) in [5.74, 6) is -3.07. The van der Waals surface area contributed by atoms with Gasteiger partial charge in [0.25, 0.3) is 5.91 Å². The van der Waals surface area contributed by atoms with Crippen LogP contribution in [0.15, 0.2) is 0 Å². The molecular formula is C15H18N2O4. The lowest BCUT2D eigenvalue weighted by molar-refractivity contribution is -0.149. The lowest BCUT2D eigenvalue weighted by Gasteiger charge is -2.31. The van der Waals surface area contributed by atoms with E-state index < -0.39 is 23.6 Å². The first-order valence-electron chi connectivity index (χ1n) is 7.20. The molecule has 112 valence electrons. The average molecular weight is 290 g/mol. The van der Waals surface area contributed by atoms with Gasteiger partial charge in [0.05, 0.1) is 6.61 Å². The van der Waals surface area contributed by atoms with Gasteiger partial charge < -0.3 is 4.74 Å². The van der Waals surface area contributed by atoms with E-state index in [4.69, 9.17) is 4.74 Å². The quantitative estimate of drug-likeness (QED) is 0.595. The molecule has 0 fully saturated rings. The number of nitrogens with zero attached hydrogens (tertiary/aromatic N) is 2. The Balaban J connectivity index is 2.14. The van der Waals surface area contributed by atoms with Gasteiger partial charge in [-0.25, -0.2) is 0 Å². The van der Waals surface area contributed by atoms with Gasteiger partial charge in [-0.05, 0) is 44.2 Å². The fraction of sp³-hybridized carbons (Fsp3) is 0.533. The molecule has 21 heavy (non-hydrogen) atoms. The van der Waals surface area contributed by atoms with Gasteiger partial charge in [-0.2, -0.15) is 0 Å². The van der Waals surface area contributed by atoms with Crippen molar-refractivity contribution in [2.45, 2.75) is 33.1 Å². The Labute approximate surface area is 122 Å². The van der Waals surface area contributed by atoms with Gasteiger partial charge in [0, 0.05) is 12.7 Å². The van der Waals surface area contributed by atoms with E-state index in [-0.39, 0.29) is 6.61 Å². The fourth-order valence-corrected chi connectivity index (χ4v) is 3.42. The zero-order valence-electron chi connectivity index (χ0n) is 12.4.